The molecule has 0 saturated heterocycles. The predicted octanol–water partition coefficient (Wildman–Crippen LogP) is 4.23. The minimum atomic E-state index is -0.973. The van der Waals surface area contributed by atoms with Gasteiger partial charge < -0.3 is 15.4 Å². The van der Waals surface area contributed by atoms with Gasteiger partial charge in [-0.2, -0.15) is 0 Å². The van der Waals surface area contributed by atoms with Gasteiger partial charge >= 0.3 is 5.97 Å². The first-order valence-corrected chi connectivity index (χ1v) is 10.3. The Labute approximate surface area is 194 Å². The summed E-state index contributed by atoms with van der Waals surface area (Å²) in [5, 5.41) is 16.2. The molecule has 0 fully saturated rings. The highest BCUT2D eigenvalue weighted by Gasteiger charge is 2.28. The number of benzene rings is 2. The van der Waals surface area contributed by atoms with Crippen molar-refractivity contribution in [3.05, 3.63) is 68.2 Å². The molecule has 2 amide bonds. The lowest BCUT2D eigenvalue weighted by atomic mass is 9.99. The first-order chi connectivity index (χ1) is 15.1. The second kappa shape index (κ2) is 11.4. The van der Waals surface area contributed by atoms with Crippen LogP contribution in [0.1, 0.15) is 30.6 Å². The summed E-state index contributed by atoms with van der Waals surface area (Å²) in [7, 11) is 0. The van der Waals surface area contributed by atoms with Crippen LogP contribution in [-0.4, -0.2) is 35.4 Å². The molecular formula is C21H21Cl2N3O6. The van der Waals surface area contributed by atoms with Crippen LogP contribution in [0.5, 0.6) is 0 Å². The molecule has 2 rings (SSSR count). The van der Waals surface area contributed by atoms with Crippen molar-refractivity contribution in [1.29, 1.82) is 0 Å². The van der Waals surface area contributed by atoms with E-state index in [2.05, 4.69) is 10.6 Å². The number of hydrogen-bond donors (Lipinski definition) is 2. The summed E-state index contributed by atoms with van der Waals surface area (Å²) < 4.78 is 5.08. The van der Waals surface area contributed by atoms with E-state index in [1.807, 2.05) is 6.92 Å². The number of nitro groups is 1. The van der Waals surface area contributed by atoms with Gasteiger partial charge in [-0.05, 0) is 36.2 Å². The molecule has 11 heteroatoms. The lowest BCUT2D eigenvalue weighted by Crippen LogP contribution is -2.46. The molecule has 2 aromatic rings. The third kappa shape index (κ3) is 6.93. The number of non-ortho nitro benzene ring substituents is 1. The van der Waals surface area contributed by atoms with Crippen LogP contribution in [0.15, 0.2) is 42.5 Å². The Hall–Kier alpha value is -3.17. The standard InChI is InChI=1S/C21H21Cl2N3O6/c1-3-12(2)19(25-20(28)13-4-6-14(22)7-5-13)21(29)32-11-18(27)24-17-9-8-15(26(30)31)10-16(17)23/h4-10,12,19H,3,11H2,1-2H3,(H,24,27)(H,25,28). The minimum Gasteiger partial charge on any atom is -0.454 e. The second-order valence-corrected chi connectivity index (χ2v) is 7.76. The number of rotatable bonds is 9. The second-order valence-electron chi connectivity index (χ2n) is 6.92. The average molecular weight is 482 g/mol. The zero-order valence-electron chi connectivity index (χ0n) is 17.3. The van der Waals surface area contributed by atoms with Crippen LogP contribution in [0.3, 0.4) is 0 Å². The number of nitrogens with zero attached hydrogens (tertiary/aromatic N) is 1. The molecule has 0 heterocycles. The summed E-state index contributed by atoms with van der Waals surface area (Å²) in [5.74, 6) is -2.20. The molecule has 9 nitrogen and oxygen atoms in total. The van der Waals surface area contributed by atoms with Crippen LogP contribution in [0.25, 0.3) is 0 Å². The molecular weight excluding hydrogens is 461 g/mol. The molecule has 2 unspecified atom stereocenters. The smallest absolute Gasteiger partial charge is 0.329 e. The highest BCUT2D eigenvalue weighted by molar-refractivity contribution is 6.34. The van der Waals surface area contributed by atoms with Gasteiger partial charge in [0, 0.05) is 22.7 Å². The molecule has 0 aliphatic carbocycles. The number of hydrogen-bond acceptors (Lipinski definition) is 6. The Bertz CT molecular complexity index is 1010. The van der Waals surface area contributed by atoms with E-state index in [1.165, 1.54) is 24.3 Å². The van der Waals surface area contributed by atoms with Gasteiger partial charge in [-0.25, -0.2) is 4.79 Å². The SMILES string of the molecule is CCC(C)C(NC(=O)c1ccc(Cl)cc1)C(=O)OCC(=O)Nc1ccc([N+](=O)[O-])cc1Cl. The molecule has 32 heavy (non-hydrogen) atoms. The van der Waals surface area contributed by atoms with Gasteiger partial charge in [-0.1, -0.05) is 43.5 Å². The number of esters is 1. The third-order valence-electron chi connectivity index (χ3n) is 4.64. The van der Waals surface area contributed by atoms with Gasteiger partial charge in [0.2, 0.25) is 0 Å². The number of anilines is 1. The Balaban J connectivity index is 1.99. The van der Waals surface area contributed by atoms with E-state index in [1.54, 1.807) is 19.1 Å². The molecule has 0 radical (unpaired) electrons. The number of amides is 2. The summed E-state index contributed by atoms with van der Waals surface area (Å²) in [6, 6.07) is 8.73. The van der Waals surface area contributed by atoms with E-state index in [0.717, 1.165) is 6.07 Å². The van der Waals surface area contributed by atoms with E-state index < -0.39 is 35.4 Å². The Morgan fingerprint density at radius 3 is 2.34 bits per heavy atom. The fourth-order valence-electron chi connectivity index (χ4n) is 2.63. The summed E-state index contributed by atoms with van der Waals surface area (Å²) in [6.07, 6.45) is 0.575. The number of nitro benzene ring substituents is 1. The van der Waals surface area contributed by atoms with E-state index >= 15 is 0 Å². The third-order valence-corrected chi connectivity index (χ3v) is 5.21. The fourth-order valence-corrected chi connectivity index (χ4v) is 2.97. The van der Waals surface area contributed by atoms with Crippen LogP contribution in [-0.2, 0) is 14.3 Å². The van der Waals surface area contributed by atoms with Gasteiger partial charge in [0.25, 0.3) is 17.5 Å². The van der Waals surface area contributed by atoms with E-state index in [4.69, 9.17) is 27.9 Å². The van der Waals surface area contributed by atoms with Gasteiger partial charge in [0.15, 0.2) is 6.61 Å². The Morgan fingerprint density at radius 2 is 1.78 bits per heavy atom. The number of ether oxygens (including phenoxy) is 1. The van der Waals surface area contributed by atoms with E-state index in [0.29, 0.717) is 17.0 Å². The van der Waals surface area contributed by atoms with Crippen LogP contribution in [0.4, 0.5) is 11.4 Å². The molecule has 0 aliphatic rings. The largest absolute Gasteiger partial charge is 0.454 e. The van der Waals surface area contributed by atoms with Crippen LogP contribution in [0.2, 0.25) is 10.0 Å². The van der Waals surface area contributed by atoms with Gasteiger partial charge in [0.1, 0.15) is 6.04 Å². The maximum Gasteiger partial charge on any atom is 0.329 e. The lowest BCUT2D eigenvalue weighted by Gasteiger charge is -2.22. The fraction of sp³-hybridized carbons (Fsp3) is 0.286. The molecule has 2 N–H and O–H groups in total. The number of nitrogens with one attached hydrogen (secondary N) is 2. The monoisotopic (exact) mass is 481 g/mol. The van der Waals surface area contributed by atoms with Crippen molar-refractivity contribution in [3.8, 4) is 0 Å². The van der Waals surface area contributed by atoms with E-state index in [-0.39, 0.29) is 22.3 Å². The van der Waals surface area contributed by atoms with Crippen molar-refractivity contribution in [3.63, 3.8) is 0 Å². The topological polar surface area (TPSA) is 128 Å². The highest BCUT2D eigenvalue weighted by Crippen LogP contribution is 2.26. The van der Waals surface area contributed by atoms with Crippen molar-refractivity contribution in [2.45, 2.75) is 26.3 Å². The maximum atomic E-state index is 12.6. The summed E-state index contributed by atoms with van der Waals surface area (Å²) in [6.45, 7) is 2.99. The summed E-state index contributed by atoms with van der Waals surface area (Å²) in [5.41, 5.74) is 0.223. The predicted molar refractivity (Wildman–Crippen MR) is 120 cm³/mol. The van der Waals surface area contributed by atoms with Crippen LogP contribution >= 0.6 is 23.2 Å². The van der Waals surface area contributed by atoms with Crippen LogP contribution < -0.4 is 10.6 Å². The number of carbonyl (C=O) groups excluding carboxylic acids is 3. The molecule has 0 spiro atoms. The molecule has 0 bridgehead atoms. The molecule has 170 valence electrons. The zero-order chi connectivity index (χ0) is 23.8. The molecule has 0 aliphatic heterocycles. The van der Waals surface area contributed by atoms with Crippen LogP contribution in [0, 0.1) is 16.0 Å². The zero-order valence-corrected chi connectivity index (χ0v) is 18.8. The maximum absolute atomic E-state index is 12.6. The number of halogens is 2. The Morgan fingerprint density at radius 1 is 1.12 bits per heavy atom. The molecule has 2 aromatic carbocycles. The summed E-state index contributed by atoms with van der Waals surface area (Å²) in [4.78, 5) is 47.3. The van der Waals surface area contributed by atoms with Gasteiger partial charge in [0.05, 0.1) is 15.6 Å². The van der Waals surface area contributed by atoms with Gasteiger partial charge in [-0.3, -0.25) is 19.7 Å². The number of carbonyl (C=O) groups is 3. The van der Waals surface area contributed by atoms with E-state index in [9.17, 15) is 24.5 Å². The Kier molecular flexibility index (Phi) is 8.98. The van der Waals surface area contributed by atoms with Crippen molar-refractivity contribution < 1.29 is 24.0 Å². The normalized spacial score (nSPS) is 12.4. The van der Waals surface area contributed by atoms with Crippen molar-refractivity contribution in [2.24, 2.45) is 5.92 Å². The molecule has 0 aromatic heterocycles. The van der Waals surface area contributed by atoms with Crippen molar-refractivity contribution >= 4 is 52.4 Å². The first-order valence-electron chi connectivity index (χ1n) is 9.59. The first kappa shape index (κ1) is 25.1. The summed E-state index contributed by atoms with van der Waals surface area (Å²) >= 11 is 11.8. The lowest BCUT2D eigenvalue weighted by molar-refractivity contribution is -0.384. The molecule has 2 atom stereocenters. The van der Waals surface area contributed by atoms with Crippen molar-refractivity contribution in [1.82, 2.24) is 5.32 Å². The quantitative estimate of drug-likeness (QED) is 0.313. The van der Waals surface area contributed by atoms with Gasteiger partial charge in [-0.15, -0.1) is 0 Å². The van der Waals surface area contributed by atoms with Crippen molar-refractivity contribution in [2.75, 3.05) is 11.9 Å². The minimum absolute atomic E-state index is 0.0356. The average Bonchev–Trinajstić information content (AvgIpc) is 2.76. The highest BCUT2D eigenvalue weighted by atomic mass is 35.5. The molecule has 0 saturated carbocycles.